The Bertz CT molecular complexity index is 1380. The second-order valence-corrected chi connectivity index (χ2v) is 10.4. The molecule has 1 saturated heterocycles. The first-order valence-corrected chi connectivity index (χ1v) is 14.2. The zero-order chi connectivity index (χ0) is 27.9. The molecule has 1 fully saturated rings. The first-order valence-electron chi connectivity index (χ1n) is 13.2. The number of anilines is 1. The third-order valence-electron chi connectivity index (χ3n) is 6.72. The van der Waals surface area contributed by atoms with E-state index in [1.807, 2.05) is 85.8 Å². The standard InChI is InChI=1S/C29H32N6O4S/c1-3-30-28(37)31-23-15-13-22(14-16-23)27-38-25(19(2)26(39-27)21-11-9-20(17-36)10-12-21)18-40-29-32-33-34-35(29)24-7-5-4-6-8-24/h4-16,19,25-27,36H,3,17-18H2,1-2H3,(H2,30,31,37)/t19-,25+,26+,27+/m1/s1. The largest absolute Gasteiger partial charge is 0.392 e. The zero-order valence-electron chi connectivity index (χ0n) is 22.3. The quantitative estimate of drug-likeness (QED) is 0.248. The number of amides is 2. The lowest BCUT2D eigenvalue weighted by molar-refractivity contribution is -0.268. The van der Waals surface area contributed by atoms with Gasteiger partial charge >= 0.3 is 6.03 Å². The number of carbonyl (C=O) groups is 1. The first kappa shape index (κ1) is 27.8. The van der Waals surface area contributed by atoms with E-state index in [0.29, 0.717) is 23.1 Å². The number of benzene rings is 3. The summed E-state index contributed by atoms with van der Waals surface area (Å²) in [6, 6.07) is 24.8. The van der Waals surface area contributed by atoms with Gasteiger partial charge in [0.2, 0.25) is 5.16 Å². The molecule has 2 heterocycles. The van der Waals surface area contributed by atoms with Gasteiger partial charge in [-0.2, -0.15) is 4.68 Å². The van der Waals surface area contributed by atoms with Gasteiger partial charge in [-0.25, -0.2) is 4.79 Å². The van der Waals surface area contributed by atoms with Crippen LogP contribution in [0.2, 0.25) is 0 Å². The van der Waals surface area contributed by atoms with E-state index in [4.69, 9.17) is 9.47 Å². The maximum Gasteiger partial charge on any atom is 0.319 e. The predicted molar refractivity (Wildman–Crippen MR) is 152 cm³/mol. The fourth-order valence-corrected chi connectivity index (χ4v) is 5.58. The van der Waals surface area contributed by atoms with Crippen LogP contribution in [0.15, 0.2) is 84.0 Å². The number of nitrogens with one attached hydrogen (secondary N) is 2. The van der Waals surface area contributed by atoms with Crippen molar-refractivity contribution in [2.24, 2.45) is 5.92 Å². The van der Waals surface area contributed by atoms with Crippen molar-refractivity contribution in [1.82, 2.24) is 25.5 Å². The van der Waals surface area contributed by atoms with E-state index >= 15 is 0 Å². The van der Waals surface area contributed by atoms with Crippen molar-refractivity contribution in [1.29, 1.82) is 0 Å². The number of nitrogens with zero attached hydrogens (tertiary/aromatic N) is 4. The van der Waals surface area contributed by atoms with E-state index in [1.165, 1.54) is 11.8 Å². The van der Waals surface area contributed by atoms with Crippen LogP contribution in [0, 0.1) is 5.92 Å². The van der Waals surface area contributed by atoms with E-state index < -0.39 is 6.29 Å². The Balaban J connectivity index is 1.36. The van der Waals surface area contributed by atoms with Crippen LogP contribution in [0.3, 0.4) is 0 Å². The Morgan fingerprint density at radius 3 is 2.42 bits per heavy atom. The lowest BCUT2D eigenvalue weighted by Crippen LogP contribution is -2.38. The minimum Gasteiger partial charge on any atom is -0.392 e. The highest BCUT2D eigenvalue weighted by atomic mass is 32.2. The Morgan fingerprint density at radius 1 is 1.00 bits per heavy atom. The number of aliphatic hydroxyl groups excluding tert-OH is 1. The van der Waals surface area contributed by atoms with Crippen molar-refractivity contribution in [3.05, 3.63) is 95.6 Å². The maximum atomic E-state index is 11.9. The van der Waals surface area contributed by atoms with E-state index in [2.05, 4.69) is 33.1 Å². The van der Waals surface area contributed by atoms with Crippen molar-refractivity contribution in [3.63, 3.8) is 0 Å². The summed E-state index contributed by atoms with van der Waals surface area (Å²) in [5.74, 6) is 0.625. The first-order chi connectivity index (χ1) is 19.6. The van der Waals surface area contributed by atoms with Crippen LogP contribution >= 0.6 is 11.8 Å². The summed E-state index contributed by atoms with van der Waals surface area (Å²) in [6.45, 7) is 4.51. The fourth-order valence-electron chi connectivity index (χ4n) is 4.53. The van der Waals surface area contributed by atoms with Gasteiger partial charge in [0.05, 0.1) is 24.5 Å². The number of para-hydroxylation sites is 1. The van der Waals surface area contributed by atoms with Crippen LogP contribution in [-0.4, -0.2) is 49.7 Å². The highest BCUT2D eigenvalue weighted by molar-refractivity contribution is 7.99. The average Bonchev–Trinajstić information content (AvgIpc) is 3.46. The second-order valence-electron chi connectivity index (χ2n) is 9.45. The van der Waals surface area contributed by atoms with Gasteiger partial charge in [-0.05, 0) is 52.7 Å². The Labute approximate surface area is 237 Å². The van der Waals surface area contributed by atoms with Crippen LogP contribution in [0.1, 0.15) is 42.9 Å². The zero-order valence-corrected chi connectivity index (χ0v) is 23.1. The molecule has 3 N–H and O–H groups in total. The molecule has 0 unspecified atom stereocenters. The van der Waals surface area contributed by atoms with Gasteiger partial charge in [0.1, 0.15) is 0 Å². The number of ether oxygens (including phenoxy) is 2. The summed E-state index contributed by atoms with van der Waals surface area (Å²) in [4.78, 5) is 11.9. The van der Waals surface area contributed by atoms with Crippen molar-refractivity contribution < 1.29 is 19.4 Å². The average molecular weight is 561 g/mol. The number of aliphatic hydroxyl groups is 1. The highest BCUT2D eigenvalue weighted by Gasteiger charge is 2.38. The summed E-state index contributed by atoms with van der Waals surface area (Å²) in [7, 11) is 0. The summed E-state index contributed by atoms with van der Waals surface area (Å²) >= 11 is 1.53. The van der Waals surface area contributed by atoms with Gasteiger partial charge in [0.15, 0.2) is 6.29 Å². The summed E-state index contributed by atoms with van der Waals surface area (Å²) < 4.78 is 14.8. The van der Waals surface area contributed by atoms with Crippen LogP contribution < -0.4 is 10.6 Å². The molecule has 1 aromatic heterocycles. The summed E-state index contributed by atoms with van der Waals surface area (Å²) in [6.07, 6.45) is -1.04. The van der Waals surface area contributed by atoms with Gasteiger partial charge in [-0.15, -0.1) is 5.10 Å². The maximum absolute atomic E-state index is 11.9. The van der Waals surface area contributed by atoms with Crippen molar-refractivity contribution >= 4 is 23.5 Å². The number of thioether (sulfide) groups is 1. The molecule has 0 saturated carbocycles. The Morgan fingerprint density at radius 2 is 1.73 bits per heavy atom. The third-order valence-corrected chi connectivity index (χ3v) is 7.73. The van der Waals surface area contributed by atoms with Crippen LogP contribution in [-0.2, 0) is 16.1 Å². The number of rotatable bonds is 9. The molecule has 3 aromatic carbocycles. The molecular weight excluding hydrogens is 528 g/mol. The monoisotopic (exact) mass is 560 g/mol. The summed E-state index contributed by atoms with van der Waals surface area (Å²) in [5.41, 5.74) is 4.26. The third kappa shape index (κ3) is 6.50. The number of hydrogen-bond acceptors (Lipinski definition) is 8. The van der Waals surface area contributed by atoms with Gasteiger partial charge in [0.25, 0.3) is 0 Å². The highest BCUT2D eigenvalue weighted by Crippen LogP contribution is 2.43. The smallest absolute Gasteiger partial charge is 0.319 e. The van der Waals surface area contributed by atoms with Gasteiger partial charge in [-0.3, -0.25) is 0 Å². The van der Waals surface area contributed by atoms with E-state index in [9.17, 15) is 9.90 Å². The molecule has 208 valence electrons. The van der Waals surface area contributed by atoms with Gasteiger partial charge in [0, 0.05) is 29.5 Å². The van der Waals surface area contributed by atoms with Crippen molar-refractivity contribution in [2.75, 3.05) is 17.6 Å². The van der Waals surface area contributed by atoms with Crippen LogP contribution in [0.4, 0.5) is 10.5 Å². The van der Waals surface area contributed by atoms with Crippen LogP contribution in [0.25, 0.3) is 5.69 Å². The number of urea groups is 1. The molecule has 0 aliphatic carbocycles. The lowest BCUT2D eigenvalue weighted by Gasteiger charge is -2.41. The Hall–Kier alpha value is -3.77. The molecule has 4 atom stereocenters. The number of tetrazole rings is 1. The molecule has 10 nitrogen and oxygen atoms in total. The SMILES string of the molecule is CCNC(=O)Nc1ccc([C@H]2O[C@@H](CSc3nnnn3-c3ccccc3)[C@@H](C)[C@@H](c3ccc(CO)cc3)O2)cc1. The van der Waals surface area contributed by atoms with Gasteiger partial charge < -0.3 is 25.2 Å². The minimum atomic E-state index is -0.618. The fraction of sp³-hybridized carbons (Fsp3) is 0.310. The molecule has 1 aliphatic rings. The van der Waals surface area contributed by atoms with Crippen molar-refractivity contribution in [3.8, 4) is 5.69 Å². The second kappa shape index (κ2) is 13.1. The molecular formula is C29H32N6O4S. The molecule has 0 spiro atoms. The van der Waals surface area contributed by atoms with Gasteiger partial charge in [-0.1, -0.05) is 73.3 Å². The summed E-state index contributed by atoms with van der Waals surface area (Å²) in [5, 5.41) is 28.0. The van der Waals surface area contributed by atoms with E-state index in [-0.39, 0.29) is 30.8 Å². The molecule has 0 radical (unpaired) electrons. The van der Waals surface area contributed by atoms with E-state index in [0.717, 1.165) is 22.4 Å². The molecule has 0 bridgehead atoms. The molecule has 40 heavy (non-hydrogen) atoms. The topological polar surface area (TPSA) is 123 Å². The normalized spacial score (nSPS) is 20.7. The number of carbonyl (C=O) groups excluding carboxylic acids is 1. The predicted octanol–water partition coefficient (Wildman–Crippen LogP) is 4.88. The molecule has 4 aromatic rings. The number of aromatic nitrogens is 4. The Kier molecular flexibility index (Phi) is 9.07. The van der Waals surface area contributed by atoms with Crippen molar-refractivity contribution in [2.45, 2.75) is 44.1 Å². The number of hydrogen-bond donors (Lipinski definition) is 3. The molecule has 1 aliphatic heterocycles. The van der Waals surface area contributed by atoms with Crippen LogP contribution in [0.5, 0.6) is 0 Å². The molecule has 11 heteroatoms. The molecule has 5 rings (SSSR count). The lowest BCUT2D eigenvalue weighted by atomic mass is 9.91. The molecule has 2 amide bonds. The minimum absolute atomic E-state index is 0.0147. The van der Waals surface area contributed by atoms with E-state index in [1.54, 1.807) is 4.68 Å².